The number of carboxylic acid groups (broad SMARTS) is 1. The lowest BCUT2D eigenvalue weighted by molar-refractivity contribution is -0.144. The smallest absolute Gasteiger partial charge is 0.332 e. The molecule has 1 aromatic rings. The number of hydrogen-bond acceptors (Lipinski definition) is 4. The summed E-state index contributed by atoms with van der Waals surface area (Å²) in [7, 11) is 0. The molecule has 0 bridgehead atoms. The standard InChI is InChI=1S/C9H9FN2O4/c10-7-3-5(11)1-2-6(7)9(15)12-16-4-8(13)14/h1-3H,4,11H2,(H,12,15)(H,13,14). The maximum absolute atomic E-state index is 13.2. The summed E-state index contributed by atoms with van der Waals surface area (Å²) in [6.45, 7) is -0.706. The average molecular weight is 228 g/mol. The van der Waals surface area contributed by atoms with E-state index in [0.29, 0.717) is 0 Å². The van der Waals surface area contributed by atoms with Gasteiger partial charge in [-0.15, -0.1) is 0 Å². The van der Waals surface area contributed by atoms with Crippen LogP contribution >= 0.6 is 0 Å². The van der Waals surface area contributed by atoms with E-state index in [1.165, 1.54) is 12.1 Å². The van der Waals surface area contributed by atoms with Crippen molar-refractivity contribution in [2.75, 3.05) is 12.3 Å². The second-order valence-electron chi connectivity index (χ2n) is 2.85. The number of nitrogens with two attached hydrogens (primary N) is 1. The lowest BCUT2D eigenvalue weighted by atomic mass is 10.2. The first-order chi connectivity index (χ1) is 7.50. The first-order valence-electron chi connectivity index (χ1n) is 4.19. The van der Waals surface area contributed by atoms with E-state index < -0.39 is 24.3 Å². The molecular formula is C9H9FN2O4. The molecule has 86 valence electrons. The Balaban J connectivity index is 2.63. The number of carbonyl (C=O) groups is 2. The summed E-state index contributed by atoms with van der Waals surface area (Å²) in [6, 6.07) is 3.49. The lowest BCUT2D eigenvalue weighted by Crippen LogP contribution is -2.27. The molecule has 0 radical (unpaired) electrons. The number of carbonyl (C=O) groups excluding carboxylic acids is 1. The van der Waals surface area contributed by atoms with Crippen molar-refractivity contribution in [2.45, 2.75) is 0 Å². The van der Waals surface area contributed by atoms with Gasteiger partial charge in [-0.25, -0.2) is 14.7 Å². The van der Waals surface area contributed by atoms with E-state index in [9.17, 15) is 14.0 Å². The third kappa shape index (κ3) is 3.21. The molecule has 7 heteroatoms. The van der Waals surface area contributed by atoms with Gasteiger partial charge in [0.1, 0.15) is 5.82 Å². The van der Waals surface area contributed by atoms with E-state index in [1.54, 1.807) is 5.48 Å². The van der Waals surface area contributed by atoms with Crippen LogP contribution < -0.4 is 11.2 Å². The zero-order valence-electron chi connectivity index (χ0n) is 8.07. The largest absolute Gasteiger partial charge is 0.479 e. The Kier molecular flexibility index (Phi) is 3.78. The van der Waals surface area contributed by atoms with Crippen molar-refractivity contribution in [2.24, 2.45) is 0 Å². The molecule has 1 rings (SSSR count). The minimum Gasteiger partial charge on any atom is -0.479 e. The molecule has 0 fully saturated rings. The monoisotopic (exact) mass is 228 g/mol. The summed E-state index contributed by atoms with van der Waals surface area (Å²) in [4.78, 5) is 25.6. The van der Waals surface area contributed by atoms with Crippen LogP contribution in [0.5, 0.6) is 0 Å². The molecule has 0 atom stereocenters. The maximum atomic E-state index is 13.2. The Morgan fingerprint density at radius 1 is 1.50 bits per heavy atom. The number of nitrogen functional groups attached to an aromatic ring is 1. The highest BCUT2D eigenvalue weighted by Gasteiger charge is 2.12. The predicted octanol–water partition coefficient (Wildman–Crippen LogP) is 0.154. The van der Waals surface area contributed by atoms with Gasteiger partial charge < -0.3 is 10.8 Å². The SMILES string of the molecule is Nc1ccc(C(=O)NOCC(=O)O)c(F)c1. The first-order valence-corrected chi connectivity index (χ1v) is 4.19. The van der Waals surface area contributed by atoms with E-state index in [2.05, 4.69) is 4.84 Å². The highest BCUT2D eigenvalue weighted by molar-refractivity contribution is 5.94. The minimum absolute atomic E-state index is 0.181. The molecule has 0 aromatic heterocycles. The number of hydrogen-bond donors (Lipinski definition) is 3. The van der Waals surface area contributed by atoms with Crippen LogP contribution in [0.2, 0.25) is 0 Å². The Morgan fingerprint density at radius 3 is 2.75 bits per heavy atom. The Morgan fingerprint density at radius 2 is 2.19 bits per heavy atom. The molecule has 0 aliphatic heterocycles. The fourth-order valence-electron chi connectivity index (χ4n) is 0.934. The van der Waals surface area contributed by atoms with Crippen molar-refractivity contribution in [1.29, 1.82) is 0 Å². The van der Waals surface area contributed by atoms with Gasteiger partial charge in [0.15, 0.2) is 6.61 Å². The van der Waals surface area contributed by atoms with Crippen molar-refractivity contribution in [3.05, 3.63) is 29.6 Å². The third-order valence-electron chi connectivity index (χ3n) is 1.60. The molecule has 0 saturated heterocycles. The molecule has 0 aliphatic rings. The van der Waals surface area contributed by atoms with Gasteiger partial charge in [-0.3, -0.25) is 9.63 Å². The van der Waals surface area contributed by atoms with Gasteiger partial charge in [0.25, 0.3) is 5.91 Å². The van der Waals surface area contributed by atoms with Crippen LogP contribution in [0.3, 0.4) is 0 Å². The van der Waals surface area contributed by atoms with Crippen LogP contribution in [0.25, 0.3) is 0 Å². The van der Waals surface area contributed by atoms with Gasteiger partial charge >= 0.3 is 5.97 Å². The van der Waals surface area contributed by atoms with Crippen LogP contribution in [0.4, 0.5) is 10.1 Å². The van der Waals surface area contributed by atoms with Crippen LogP contribution in [0.1, 0.15) is 10.4 Å². The zero-order valence-corrected chi connectivity index (χ0v) is 8.07. The summed E-state index contributed by atoms with van der Waals surface area (Å²) in [5.41, 5.74) is 6.98. The van der Waals surface area contributed by atoms with E-state index in [-0.39, 0.29) is 11.3 Å². The Hall–Kier alpha value is -2.15. The number of hydroxylamine groups is 1. The fraction of sp³-hybridized carbons (Fsp3) is 0.111. The quantitative estimate of drug-likeness (QED) is 0.503. The van der Waals surface area contributed by atoms with E-state index in [0.717, 1.165) is 6.07 Å². The van der Waals surface area contributed by atoms with E-state index in [1.807, 2.05) is 0 Å². The fourth-order valence-corrected chi connectivity index (χ4v) is 0.934. The van der Waals surface area contributed by atoms with Crippen LogP contribution in [0.15, 0.2) is 18.2 Å². The van der Waals surface area contributed by atoms with Crippen molar-refractivity contribution >= 4 is 17.6 Å². The second kappa shape index (κ2) is 5.08. The molecule has 4 N–H and O–H groups in total. The van der Waals surface area contributed by atoms with Crippen molar-refractivity contribution in [3.8, 4) is 0 Å². The van der Waals surface area contributed by atoms with Gasteiger partial charge in [-0.2, -0.15) is 0 Å². The highest BCUT2D eigenvalue weighted by Crippen LogP contribution is 2.11. The van der Waals surface area contributed by atoms with Gasteiger partial charge in [-0.1, -0.05) is 0 Å². The van der Waals surface area contributed by atoms with Crippen LogP contribution in [0, 0.1) is 5.82 Å². The molecule has 6 nitrogen and oxygen atoms in total. The van der Waals surface area contributed by atoms with Gasteiger partial charge in [0.05, 0.1) is 5.56 Å². The summed E-state index contributed by atoms with van der Waals surface area (Å²) in [5, 5.41) is 8.22. The first kappa shape index (κ1) is 11.9. The second-order valence-corrected chi connectivity index (χ2v) is 2.85. The van der Waals surface area contributed by atoms with Gasteiger partial charge in [0, 0.05) is 5.69 Å². The summed E-state index contributed by atoms with van der Waals surface area (Å²) in [5.74, 6) is -2.94. The minimum atomic E-state index is -1.25. The summed E-state index contributed by atoms with van der Waals surface area (Å²) >= 11 is 0. The van der Waals surface area contributed by atoms with E-state index >= 15 is 0 Å². The van der Waals surface area contributed by atoms with Crippen molar-refractivity contribution in [1.82, 2.24) is 5.48 Å². The normalized spacial score (nSPS) is 9.81. The molecular weight excluding hydrogens is 219 g/mol. The Labute approximate surface area is 89.8 Å². The topological polar surface area (TPSA) is 102 Å². The molecule has 0 heterocycles. The van der Waals surface area contributed by atoms with Gasteiger partial charge in [-0.05, 0) is 18.2 Å². The van der Waals surface area contributed by atoms with Crippen molar-refractivity contribution < 1.29 is 23.9 Å². The number of benzene rings is 1. The average Bonchev–Trinajstić information content (AvgIpc) is 2.16. The number of aliphatic carboxylic acids is 1. The van der Waals surface area contributed by atoms with Gasteiger partial charge in [0.2, 0.25) is 0 Å². The number of carboxylic acids is 1. The summed E-state index contributed by atoms with van der Waals surface area (Å²) in [6.07, 6.45) is 0. The number of anilines is 1. The highest BCUT2D eigenvalue weighted by atomic mass is 19.1. The molecule has 1 aromatic carbocycles. The molecule has 16 heavy (non-hydrogen) atoms. The lowest BCUT2D eigenvalue weighted by Gasteiger charge is -2.05. The maximum Gasteiger partial charge on any atom is 0.332 e. The zero-order chi connectivity index (χ0) is 12.1. The Bertz CT molecular complexity index is 422. The van der Waals surface area contributed by atoms with Crippen LogP contribution in [-0.4, -0.2) is 23.6 Å². The van der Waals surface area contributed by atoms with Crippen LogP contribution in [-0.2, 0) is 9.63 Å². The van der Waals surface area contributed by atoms with Crippen molar-refractivity contribution in [3.63, 3.8) is 0 Å². The molecule has 0 saturated carbocycles. The molecule has 0 aliphatic carbocycles. The number of amides is 1. The number of nitrogens with one attached hydrogen (secondary N) is 1. The summed E-state index contributed by atoms with van der Waals surface area (Å²) < 4.78 is 13.2. The number of rotatable bonds is 4. The predicted molar refractivity (Wildman–Crippen MR) is 51.9 cm³/mol. The third-order valence-corrected chi connectivity index (χ3v) is 1.60. The molecule has 0 unspecified atom stereocenters. The number of halogens is 1. The molecule has 1 amide bonds. The molecule has 0 spiro atoms. The van der Waals surface area contributed by atoms with E-state index in [4.69, 9.17) is 10.8 Å².